The molecule has 1 aromatic heterocycles. The number of aliphatic carboxylic acids is 1. The van der Waals surface area contributed by atoms with Gasteiger partial charge in [0.25, 0.3) is 0 Å². The summed E-state index contributed by atoms with van der Waals surface area (Å²) >= 11 is 0. The van der Waals surface area contributed by atoms with Gasteiger partial charge in [0.2, 0.25) is 0 Å². The third kappa shape index (κ3) is 4.06. The zero-order chi connectivity index (χ0) is 16.2. The molecule has 2 aliphatic heterocycles. The molecule has 6 nitrogen and oxygen atoms in total. The van der Waals surface area contributed by atoms with E-state index in [9.17, 15) is 4.79 Å². The fraction of sp³-hybridized carbons (Fsp3) is 0.706. The molecule has 23 heavy (non-hydrogen) atoms. The highest BCUT2D eigenvalue weighted by atomic mass is 16.5. The monoisotopic (exact) mass is 319 g/mol. The van der Waals surface area contributed by atoms with Gasteiger partial charge in [-0.05, 0) is 45.2 Å². The van der Waals surface area contributed by atoms with Crippen molar-refractivity contribution in [3.05, 3.63) is 23.3 Å². The molecule has 0 unspecified atom stereocenters. The number of carboxylic acid groups (broad SMARTS) is 1. The normalized spacial score (nSPS) is 23.3. The number of hydrogen-bond donors (Lipinski definition) is 1. The lowest BCUT2D eigenvalue weighted by Crippen LogP contribution is -2.39. The van der Waals surface area contributed by atoms with Crippen LogP contribution in [-0.4, -0.2) is 51.7 Å². The summed E-state index contributed by atoms with van der Waals surface area (Å²) in [6.45, 7) is 4.74. The van der Waals surface area contributed by atoms with Crippen LogP contribution in [0.5, 0.6) is 0 Å². The summed E-state index contributed by atoms with van der Waals surface area (Å²) in [7, 11) is 0. The molecule has 2 saturated heterocycles. The molecule has 3 heterocycles. The van der Waals surface area contributed by atoms with Crippen molar-refractivity contribution in [3.8, 4) is 0 Å². The molecule has 1 atom stereocenters. The lowest BCUT2D eigenvalue weighted by molar-refractivity contribution is -0.136. The smallest absolute Gasteiger partial charge is 0.303 e. The number of aromatic nitrogens is 2. The number of hydrogen-bond acceptors (Lipinski definition) is 5. The van der Waals surface area contributed by atoms with E-state index in [0.29, 0.717) is 12.5 Å². The van der Waals surface area contributed by atoms with Gasteiger partial charge in [-0.25, -0.2) is 9.97 Å². The Hall–Kier alpha value is -1.53. The second-order valence-electron chi connectivity index (χ2n) is 6.49. The Balaban J connectivity index is 1.77. The van der Waals surface area contributed by atoms with Gasteiger partial charge in [-0.15, -0.1) is 0 Å². The Bertz CT molecular complexity index is 558. The van der Waals surface area contributed by atoms with Crippen LogP contribution in [0.1, 0.15) is 55.4 Å². The highest BCUT2D eigenvalue weighted by Gasteiger charge is 2.34. The molecule has 2 fully saturated rings. The number of nitrogens with zero attached hydrogens (tertiary/aromatic N) is 3. The first-order valence-electron chi connectivity index (χ1n) is 8.53. The molecule has 1 N–H and O–H groups in total. The first-order chi connectivity index (χ1) is 11.1. The van der Waals surface area contributed by atoms with Gasteiger partial charge in [0.1, 0.15) is 5.82 Å². The minimum Gasteiger partial charge on any atom is -0.481 e. The average molecular weight is 319 g/mol. The molecular formula is C17H25N3O3. The molecule has 3 rings (SSSR count). The van der Waals surface area contributed by atoms with Gasteiger partial charge < -0.3 is 9.84 Å². The first kappa shape index (κ1) is 16.3. The Morgan fingerprint density at radius 2 is 2.13 bits per heavy atom. The van der Waals surface area contributed by atoms with Crippen molar-refractivity contribution in [2.45, 2.75) is 57.5 Å². The van der Waals surface area contributed by atoms with E-state index in [1.165, 1.54) is 6.42 Å². The van der Waals surface area contributed by atoms with Crippen molar-refractivity contribution in [2.75, 3.05) is 19.8 Å². The van der Waals surface area contributed by atoms with Crippen LogP contribution in [0.3, 0.4) is 0 Å². The van der Waals surface area contributed by atoms with Gasteiger partial charge in [0, 0.05) is 37.1 Å². The third-order valence-electron chi connectivity index (χ3n) is 4.77. The molecule has 2 aliphatic rings. The Kier molecular flexibility index (Phi) is 5.23. The van der Waals surface area contributed by atoms with Crippen LogP contribution in [-0.2, 0) is 16.0 Å². The molecular weight excluding hydrogens is 294 g/mol. The highest BCUT2D eigenvalue weighted by Crippen LogP contribution is 2.34. The van der Waals surface area contributed by atoms with E-state index in [2.05, 4.69) is 14.9 Å². The van der Waals surface area contributed by atoms with Crippen LogP contribution in [0.15, 0.2) is 6.07 Å². The topological polar surface area (TPSA) is 75.5 Å². The molecule has 1 aromatic rings. The van der Waals surface area contributed by atoms with E-state index in [1.807, 2.05) is 13.0 Å². The van der Waals surface area contributed by atoms with Crippen LogP contribution in [0, 0.1) is 6.92 Å². The molecule has 0 spiro atoms. The quantitative estimate of drug-likeness (QED) is 0.896. The minimum atomic E-state index is -0.785. The maximum atomic E-state index is 10.8. The van der Waals surface area contributed by atoms with Gasteiger partial charge >= 0.3 is 5.97 Å². The standard InChI is InChI=1S/C17H25N3O3/c1-12-11-13(4-5-16(21)22)19-17(18-12)15-3-2-8-20(15)14-6-9-23-10-7-14/h11,14-15H,2-10H2,1H3,(H,21,22)/t15-/m0/s1. The molecule has 0 radical (unpaired) electrons. The number of rotatable bonds is 5. The summed E-state index contributed by atoms with van der Waals surface area (Å²) in [4.78, 5) is 22.7. The van der Waals surface area contributed by atoms with E-state index in [4.69, 9.17) is 9.84 Å². The maximum absolute atomic E-state index is 10.8. The second kappa shape index (κ2) is 7.36. The Morgan fingerprint density at radius 1 is 1.35 bits per heavy atom. The van der Waals surface area contributed by atoms with Crippen molar-refractivity contribution >= 4 is 5.97 Å². The van der Waals surface area contributed by atoms with Crippen LogP contribution in [0.25, 0.3) is 0 Å². The van der Waals surface area contributed by atoms with Crippen molar-refractivity contribution in [1.29, 1.82) is 0 Å². The fourth-order valence-electron chi connectivity index (χ4n) is 3.69. The largest absolute Gasteiger partial charge is 0.481 e. The first-order valence-corrected chi connectivity index (χ1v) is 8.53. The summed E-state index contributed by atoms with van der Waals surface area (Å²) in [6, 6.07) is 2.73. The van der Waals surface area contributed by atoms with Crippen LogP contribution in [0.2, 0.25) is 0 Å². The average Bonchev–Trinajstić information content (AvgIpc) is 3.03. The van der Waals surface area contributed by atoms with Crippen LogP contribution >= 0.6 is 0 Å². The number of aryl methyl sites for hydroxylation is 2. The van der Waals surface area contributed by atoms with Crippen molar-refractivity contribution in [3.63, 3.8) is 0 Å². The SMILES string of the molecule is Cc1cc(CCC(=O)O)nc([C@@H]2CCCN2C2CCOCC2)n1. The molecule has 0 amide bonds. The molecule has 6 heteroatoms. The van der Waals surface area contributed by atoms with Crippen molar-refractivity contribution < 1.29 is 14.6 Å². The zero-order valence-electron chi connectivity index (χ0n) is 13.7. The summed E-state index contributed by atoms with van der Waals surface area (Å²) in [6.07, 6.45) is 4.99. The summed E-state index contributed by atoms with van der Waals surface area (Å²) < 4.78 is 5.48. The molecule has 0 saturated carbocycles. The molecule has 0 aliphatic carbocycles. The zero-order valence-corrected chi connectivity index (χ0v) is 13.7. The van der Waals surface area contributed by atoms with Crippen molar-refractivity contribution in [1.82, 2.24) is 14.9 Å². The number of ether oxygens (including phenoxy) is 1. The van der Waals surface area contributed by atoms with Gasteiger partial charge in [-0.2, -0.15) is 0 Å². The van der Waals surface area contributed by atoms with Gasteiger partial charge in [-0.1, -0.05) is 0 Å². The predicted octanol–water partition coefficient (Wildman–Crippen LogP) is 2.12. The van der Waals surface area contributed by atoms with Gasteiger partial charge in [0.15, 0.2) is 0 Å². The molecule has 0 aromatic carbocycles. The van der Waals surface area contributed by atoms with E-state index in [0.717, 1.165) is 56.2 Å². The predicted molar refractivity (Wildman–Crippen MR) is 85.2 cm³/mol. The van der Waals surface area contributed by atoms with Crippen LogP contribution in [0.4, 0.5) is 0 Å². The van der Waals surface area contributed by atoms with Crippen molar-refractivity contribution in [2.24, 2.45) is 0 Å². The van der Waals surface area contributed by atoms with Gasteiger partial charge in [-0.3, -0.25) is 9.69 Å². The third-order valence-corrected chi connectivity index (χ3v) is 4.77. The second-order valence-corrected chi connectivity index (χ2v) is 6.49. The van der Waals surface area contributed by atoms with E-state index in [-0.39, 0.29) is 12.5 Å². The van der Waals surface area contributed by atoms with E-state index < -0.39 is 5.97 Å². The minimum absolute atomic E-state index is 0.115. The lowest BCUT2D eigenvalue weighted by atomic mass is 10.1. The molecule has 126 valence electrons. The van der Waals surface area contributed by atoms with E-state index in [1.54, 1.807) is 0 Å². The van der Waals surface area contributed by atoms with Crippen LogP contribution < -0.4 is 0 Å². The highest BCUT2D eigenvalue weighted by molar-refractivity contribution is 5.66. The maximum Gasteiger partial charge on any atom is 0.303 e. The summed E-state index contributed by atoms with van der Waals surface area (Å²) in [5.74, 6) is 0.0851. The number of carbonyl (C=O) groups is 1. The summed E-state index contributed by atoms with van der Waals surface area (Å²) in [5.41, 5.74) is 1.77. The Labute approximate surface area is 136 Å². The fourth-order valence-corrected chi connectivity index (χ4v) is 3.69. The summed E-state index contributed by atoms with van der Waals surface area (Å²) in [5, 5.41) is 8.87. The lowest BCUT2D eigenvalue weighted by Gasteiger charge is -2.34. The number of likely N-dealkylation sites (tertiary alicyclic amines) is 1. The number of carboxylic acids is 1. The Morgan fingerprint density at radius 3 is 2.87 bits per heavy atom. The van der Waals surface area contributed by atoms with E-state index >= 15 is 0 Å². The van der Waals surface area contributed by atoms with Gasteiger partial charge in [0.05, 0.1) is 12.5 Å². The molecule has 0 bridgehead atoms.